The maximum Gasteiger partial charge on any atom is 0.115 e. The van der Waals surface area contributed by atoms with Gasteiger partial charge in [0.25, 0.3) is 0 Å². The Kier molecular flexibility index (Phi) is 5.35. The fourth-order valence-corrected chi connectivity index (χ4v) is 4.09. The van der Waals surface area contributed by atoms with Gasteiger partial charge >= 0.3 is 0 Å². The summed E-state index contributed by atoms with van der Waals surface area (Å²) in [6.45, 7) is 2.25. The molecule has 2 heteroatoms. The SMILES string of the molecule is CC(c1ccccc1-c1ccc(O)cc1)C(c1ccccc1)c1ccc(O)cc1. The van der Waals surface area contributed by atoms with Crippen molar-refractivity contribution in [1.29, 1.82) is 0 Å². The number of phenols is 2. The Morgan fingerprint density at radius 3 is 1.72 bits per heavy atom. The molecule has 0 aliphatic heterocycles. The van der Waals surface area contributed by atoms with Crippen molar-refractivity contribution in [3.05, 3.63) is 120 Å². The molecule has 0 saturated carbocycles. The van der Waals surface area contributed by atoms with Crippen LogP contribution in [-0.2, 0) is 0 Å². The van der Waals surface area contributed by atoms with Crippen LogP contribution in [0.4, 0.5) is 0 Å². The lowest BCUT2D eigenvalue weighted by Gasteiger charge is -2.27. The number of phenolic OH excluding ortho intramolecular Hbond substituents is 2. The molecule has 4 rings (SSSR count). The third kappa shape index (κ3) is 4.02. The molecule has 0 aromatic heterocycles. The zero-order valence-electron chi connectivity index (χ0n) is 16.4. The van der Waals surface area contributed by atoms with E-state index in [0.29, 0.717) is 0 Å². The van der Waals surface area contributed by atoms with Crippen molar-refractivity contribution in [2.45, 2.75) is 18.8 Å². The molecule has 4 aromatic rings. The summed E-state index contributed by atoms with van der Waals surface area (Å²) in [5.74, 6) is 0.894. The fraction of sp³-hybridized carbons (Fsp3) is 0.111. The molecule has 2 nitrogen and oxygen atoms in total. The number of hydrogen-bond acceptors (Lipinski definition) is 2. The predicted octanol–water partition coefficient (Wildman–Crippen LogP) is 6.70. The zero-order valence-corrected chi connectivity index (χ0v) is 16.4. The molecular weight excluding hydrogens is 356 g/mol. The van der Waals surface area contributed by atoms with Gasteiger partial charge in [-0.25, -0.2) is 0 Å². The van der Waals surface area contributed by atoms with Gasteiger partial charge in [-0.2, -0.15) is 0 Å². The van der Waals surface area contributed by atoms with E-state index in [9.17, 15) is 10.2 Å². The highest BCUT2D eigenvalue weighted by atomic mass is 16.3. The van der Waals surface area contributed by atoms with Crippen molar-refractivity contribution < 1.29 is 10.2 Å². The Morgan fingerprint density at radius 1 is 0.552 bits per heavy atom. The van der Waals surface area contributed by atoms with Gasteiger partial charge in [0.1, 0.15) is 11.5 Å². The van der Waals surface area contributed by atoms with Gasteiger partial charge in [0.05, 0.1) is 0 Å². The smallest absolute Gasteiger partial charge is 0.115 e. The third-order valence-electron chi connectivity index (χ3n) is 5.54. The summed E-state index contributed by atoms with van der Waals surface area (Å²) in [6.07, 6.45) is 0. The summed E-state index contributed by atoms with van der Waals surface area (Å²) >= 11 is 0. The van der Waals surface area contributed by atoms with Crippen molar-refractivity contribution in [3.8, 4) is 22.6 Å². The second kappa shape index (κ2) is 8.24. The summed E-state index contributed by atoms with van der Waals surface area (Å²) in [5, 5.41) is 19.4. The van der Waals surface area contributed by atoms with Crippen LogP contribution >= 0.6 is 0 Å². The van der Waals surface area contributed by atoms with E-state index >= 15 is 0 Å². The molecule has 0 saturated heterocycles. The van der Waals surface area contributed by atoms with Crippen molar-refractivity contribution >= 4 is 0 Å². The highest BCUT2D eigenvalue weighted by molar-refractivity contribution is 5.69. The van der Waals surface area contributed by atoms with E-state index in [1.807, 2.05) is 30.3 Å². The minimum absolute atomic E-state index is 0.148. The molecule has 2 N–H and O–H groups in total. The van der Waals surface area contributed by atoms with Crippen LogP contribution in [-0.4, -0.2) is 10.2 Å². The largest absolute Gasteiger partial charge is 0.508 e. The number of rotatable bonds is 5. The quantitative estimate of drug-likeness (QED) is 0.404. The lowest BCUT2D eigenvalue weighted by Crippen LogP contribution is -2.11. The van der Waals surface area contributed by atoms with Crippen LogP contribution in [0.1, 0.15) is 35.4 Å². The maximum atomic E-state index is 9.76. The first-order valence-corrected chi connectivity index (χ1v) is 9.85. The maximum absolute atomic E-state index is 9.76. The average Bonchev–Trinajstić information content (AvgIpc) is 2.76. The highest BCUT2D eigenvalue weighted by Gasteiger charge is 2.25. The lowest BCUT2D eigenvalue weighted by molar-refractivity contribution is 0.474. The van der Waals surface area contributed by atoms with Gasteiger partial charge in [0.15, 0.2) is 0 Å². The summed E-state index contributed by atoms with van der Waals surface area (Å²) in [4.78, 5) is 0. The van der Waals surface area contributed by atoms with E-state index in [0.717, 1.165) is 5.56 Å². The van der Waals surface area contributed by atoms with E-state index in [-0.39, 0.29) is 23.3 Å². The summed E-state index contributed by atoms with van der Waals surface area (Å²) in [6, 6.07) is 33.8. The van der Waals surface area contributed by atoms with Crippen LogP contribution < -0.4 is 0 Å². The van der Waals surface area contributed by atoms with Crippen molar-refractivity contribution in [1.82, 2.24) is 0 Å². The first kappa shape index (κ1) is 18.8. The first-order chi connectivity index (χ1) is 14.1. The number of aromatic hydroxyl groups is 2. The van der Waals surface area contributed by atoms with Crippen LogP contribution in [0.25, 0.3) is 11.1 Å². The van der Waals surface area contributed by atoms with E-state index in [1.165, 1.54) is 22.3 Å². The van der Waals surface area contributed by atoms with Gasteiger partial charge in [-0.1, -0.05) is 85.8 Å². The molecular formula is C27H24O2. The second-order valence-electron chi connectivity index (χ2n) is 7.40. The van der Waals surface area contributed by atoms with E-state index in [1.54, 1.807) is 24.3 Å². The van der Waals surface area contributed by atoms with Crippen LogP contribution in [0.5, 0.6) is 11.5 Å². The number of hydrogen-bond donors (Lipinski definition) is 2. The average molecular weight is 380 g/mol. The second-order valence-corrected chi connectivity index (χ2v) is 7.40. The molecule has 0 aliphatic carbocycles. The zero-order chi connectivity index (χ0) is 20.2. The summed E-state index contributed by atoms with van der Waals surface area (Å²) in [7, 11) is 0. The molecule has 0 radical (unpaired) electrons. The van der Waals surface area contributed by atoms with E-state index in [4.69, 9.17) is 0 Å². The minimum atomic E-state index is 0.148. The molecule has 0 fully saturated rings. The van der Waals surface area contributed by atoms with Gasteiger partial charge in [0.2, 0.25) is 0 Å². The molecule has 0 spiro atoms. The fourth-order valence-electron chi connectivity index (χ4n) is 4.09. The summed E-state index contributed by atoms with van der Waals surface area (Å²) in [5.41, 5.74) is 5.91. The van der Waals surface area contributed by atoms with E-state index in [2.05, 4.69) is 55.5 Å². The van der Waals surface area contributed by atoms with Crippen LogP contribution in [0.15, 0.2) is 103 Å². The molecule has 2 atom stereocenters. The molecule has 2 unspecified atom stereocenters. The van der Waals surface area contributed by atoms with E-state index < -0.39 is 0 Å². The van der Waals surface area contributed by atoms with Crippen LogP contribution in [0.3, 0.4) is 0 Å². The normalized spacial score (nSPS) is 13.0. The van der Waals surface area contributed by atoms with Crippen molar-refractivity contribution in [3.63, 3.8) is 0 Å². The monoisotopic (exact) mass is 380 g/mol. The minimum Gasteiger partial charge on any atom is -0.508 e. The standard InChI is InChI=1S/C27H24O2/c1-19(25-9-5-6-10-26(25)20-11-15-23(28)16-12-20)27(21-7-3-2-4-8-21)22-13-17-24(29)18-14-22/h2-19,27-29H,1H3. The van der Waals surface area contributed by atoms with Crippen molar-refractivity contribution in [2.75, 3.05) is 0 Å². The Bertz CT molecular complexity index is 1070. The molecule has 144 valence electrons. The van der Waals surface area contributed by atoms with Crippen LogP contribution in [0.2, 0.25) is 0 Å². The molecule has 0 amide bonds. The molecule has 0 bridgehead atoms. The topological polar surface area (TPSA) is 40.5 Å². The molecule has 29 heavy (non-hydrogen) atoms. The summed E-state index contributed by atoms with van der Waals surface area (Å²) < 4.78 is 0. The van der Waals surface area contributed by atoms with Crippen molar-refractivity contribution in [2.24, 2.45) is 0 Å². The van der Waals surface area contributed by atoms with Gasteiger partial charge in [-0.3, -0.25) is 0 Å². The van der Waals surface area contributed by atoms with Gasteiger partial charge < -0.3 is 10.2 Å². The Morgan fingerprint density at radius 2 is 1.07 bits per heavy atom. The Labute approximate surface area is 171 Å². The predicted molar refractivity (Wildman–Crippen MR) is 118 cm³/mol. The number of benzene rings is 4. The van der Waals surface area contributed by atoms with Gasteiger partial charge in [0, 0.05) is 5.92 Å². The third-order valence-corrected chi connectivity index (χ3v) is 5.54. The van der Waals surface area contributed by atoms with Gasteiger partial charge in [-0.05, 0) is 58.0 Å². The highest BCUT2D eigenvalue weighted by Crippen LogP contribution is 2.42. The Balaban J connectivity index is 1.82. The Hall–Kier alpha value is -3.52. The van der Waals surface area contributed by atoms with Gasteiger partial charge in [-0.15, -0.1) is 0 Å². The van der Waals surface area contributed by atoms with Crippen LogP contribution in [0, 0.1) is 0 Å². The lowest BCUT2D eigenvalue weighted by atomic mass is 9.76. The molecule has 0 aliphatic rings. The molecule has 4 aromatic carbocycles. The first-order valence-electron chi connectivity index (χ1n) is 9.85. The molecule has 0 heterocycles.